The first-order valence-electron chi connectivity index (χ1n) is 6.37. The molecule has 102 valence electrons. The second-order valence-corrected chi connectivity index (χ2v) is 4.65. The number of aromatic nitrogens is 1. The van der Waals surface area contributed by atoms with Crippen molar-refractivity contribution in [2.75, 3.05) is 0 Å². The van der Waals surface area contributed by atoms with Gasteiger partial charge in [-0.3, -0.25) is 14.6 Å². The molecule has 1 amide bonds. The lowest BCUT2D eigenvalue weighted by molar-refractivity contribution is -0.117. The van der Waals surface area contributed by atoms with E-state index in [2.05, 4.69) is 10.3 Å². The number of carbonyl (C=O) groups excluding carboxylic acids is 2. The molecule has 1 aromatic carbocycles. The number of Topliss-reactive ketones (excluding diaryl/α,β-unsaturated/α-hetero) is 1. The maximum Gasteiger partial charge on any atom is 0.292 e. The van der Waals surface area contributed by atoms with E-state index >= 15 is 0 Å². The monoisotopic (exact) mass is 268 g/mol. The molecular weight excluding hydrogens is 252 g/mol. The van der Waals surface area contributed by atoms with Crippen LogP contribution in [0.5, 0.6) is 0 Å². The topological polar surface area (TPSA) is 59.1 Å². The summed E-state index contributed by atoms with van der Waals surface area (Å²) in [4.78, 5) is 28.1. The molecule has 1 aromatic heterocycles. The number of nitrogens with zero attached hydrogens (tertiary/aromatic N) is 1. The van der Waals surface area contributed by atoms with Crippen LogP contribution in [0.25, 0.3) is 0 Å². The summed E-state index contributed by atoms with van der Waals surface area (Å²) >= 11 is 0. The third kappa shape index (κ3) is 3.29. The highest BCUT2D eigenvalue weighted by molar-refractivity contribution is 6.43. The average Bonchev–Trinajstić information content (AvgIpc) is 2.47. The molecule has 0 saturated heterocycles. The van der Waals surface area contributed by atoms with Gasteiger partial charge < -0.3 is 5.32 Å². The summed E-state index contributed by atoms with van der Waals surface area (Å²) in [5, 5.41) is 2.59. The number of rotatable bonds is 4. The molecule has 0 aliphatic carbocycles. The molecule has 2 rings (SSSR count). The zero-order valence-corrected chi connectivity index (χ0v) is 11.5. The second kappa shape index (κ2) is 6.10. The Morgan fingerprint density at radius 2 is 1.95 bits per heavy atom. The van der Waals surface area contributed by atoms with Gasteiger partial charge in [-0.25, -0.2) is 0 Å². The maximum atomic E-state index is 12.1. The molecule has 1 heterocycles. The number of carbonyl (C=O) groups is 2. The average molecular weight is 268 g/mol. The molecule has 4 heteroatoms. The fourth-order valence-corrected chi connectivity index (χ4v) is 1.86. The molecule has 2 aromatic rings. The van der Waals surface area contributed by atoms with E-state index in [0.29, 0.717) is 5.56 Å². The van der Waals surface area contributed by atoms with Gasteiger partial charge >= 0.3 is 0 Å². The smallest absolute Gasteiger partial charge is 0.292 e. The summed E-state index contributed by atoms with van der Waals surface area (Å²) in [6.45, 7) is 3.96. The van der Waals surface area contributed by atoms with Crippen molar-refractivity contribution in [2.24, 2.45) is 0 Å². The van der Waals surface area contributed by atoms with Crippen molar-refractivity contribution in [1.29, 1.82) is 0 Å². The number of amides is 1. The van der Waals surface area contributed by atoms with Crippen molar-refractivity contribution in [1.82, 2.24) is 10.3 Å². The standard InChI is InChI=1S/C16H16N2O2/c1-11-6-7-12(2)14(9-11)15(19)16(20)18-10-13-5-3-4-8-17-13/h3-9H,10H2,1-2H3,(H,18,20). The van der Waals surface area contributed by atoms with Crippen LogP contribution in [0.3, 0.4) is 0 Å². The number of aryl methyl sites for hydroxylation is 2. The summed E-state index contributed by atoms with van der Waals surface area (Å²) < 4.78 is 0. The van der Waals surface area contributed by atoms with Crippen LogP contribution in [-0.4, -0.2) is 16.7 Å². The van der Waals surface area contributed by atoms with Crippen LogP contribution >= 0.6 is 0 Å². The van der Waals surface area contributed by atoms with Crippen molar-refractivity contribution in [2.45, 2.75) is 20.4 Å². The normalized spacial score (nSPS) is 10.1. The van der Waals surface area contributed by atoms with E-state index < -0.39 is 11.7 Å². The van der Waals surface area contributed by atoms with E-state index in [0.717, 1.165) is 16.8 Å². The number of pyridine rings is 1. The lowest BCUT2D eigenvalue weighted by Crippen LogP contribution is -2.31. The largest absolute Gasteiger partial charge is 0.344 e. The molecule has 0 aliphatic heterocycles. The summed E-state index contributed by atoms with van der Waals surface area (Å²) in [6.07, 6.45) is 1.65. The zero-order valence-electron chi connectivity index (χ0n) is 11.5. The highest BCUT2D eigenvalue weighted by atomic mass is 16.2. The van der Waals surface area contributed by atoms with Crippen LogP contribution in [0.15, 0.2) is 42.6 Å². The summed E-state index contributed by atoms with van der Waals surface area (Å²) in [5.74, 6) is -1.12. The van der Waals surface area contributed by atoms with Crippen molar-refractivity contribution in [3.05, 3.63) is 65.0 Å². The Balaban J connectivity index is 2.06. The van der Waals surface area contributed by atoms with Crippen LogP contribution in [0.2, 0.25) is 0 Å². The minimum atomic E-state index is -0.607. The third-order valence-electron chi connectivity index (χ3n) is 3.00. The minimum Gasteiger partial charge on any atom is -0.344 e. The molecule has 20 heavy (non-hydrogen) atoms. The van der Waals surface area contributed by atoms with Gasteiger partial charge in [-0.05, 0) is 37.6 Å². The quantitative estimate of drug-likeness (QED) is 0.683. The van der Waals surface area contributed by atoms with Gasteiger partial charge in [0.05, 0.1) is 12.2 Å². The minimum absolute atomic E-state index is 0.246. The van der Waals surface area contributed by atoms with Crippen LogP contribution < -0.4 is 5.32 Å². The van der Waals surface area contributed by atoms with Crippen LogP contribution in [0.1, 0.15) is 27.2 Å². The van der Waals surface area contributed by atoms with Gasteiger partial charge in [-0.2, -0.15) is 0 Å². The lowest BCUT2D eigenvalue weighted by Gasteiger charge is -2.07. The molecule has 0 spiro atoms. The Kier molecular flexibility index (Phi) is 4.25. The highest BCUT2D eigenvalue weighted by Crippen LogP contribution is 2.11. The molecule has 0 saturated carbocycles. The van der Waals surface area contributed by atoms with Crippen LogP contribution in [0, 0.1) is 13.8 Å². The number of nitrogens with one attached hydrogen (secondary N) is 1. The van der Waals surface area contributed by atoms with E-state index in [-0.39, 0.29) is 6.54 Å². The Hall–Kier alpha value is -2.49. The highest BCUT2D eigenvalue weighted by Gasteiger charge is 2.18. The van der Waals surface area contributed by atoms with Crippen molar-refractivity contribution in [3.63, 3.8) is 0 Å². The Morgan fingerprint density at radius 3 is 2.65 bits per heavy atom. The van der Waals surface area contributed by atoms with Gasteiger partial charge in [0.15, 0.2) is 0 Å². The number of benzene rings is 1. The molecule has 0 unspecified atom stereocenters. The fraction of sp³-hybridized carbons (Fsp3) is 0.188. The van der Waals surface area contributed by atoms with E-state index in [9.17, 15) is 9.59 Å². The first-order chi connectivity index (χ1) is 9.58. The SMILES string of the molecule is Cc1ccc(C)c(C(=O)C(=O)NCc2ccccn2)c1. The zero-order chi connectivity index (χ0) is 14.5. The molecule has 0 atom stereocenters. The Bertz CT molecular complexity index is 636. The van der Waals surface area contributed by atoms with Gasteiger partial charge in [0, 0.05) is 11.8 Å². The fourth-order valence-electron chi connectivity index (χ4n) is 1.86. The van der Waals surface area contributed by atoms with E-state index in [1.54, 1.807) is 24.4 Å². The first kappa shape index (κ1) is 13.9. The predicted molar refractivity (Wildman–Crippen MR) is 76.3 cm³/mol. The molecule has 0 aliphatic rings. The molecule has 0 radical (unpaired) electrons. The molecule has 1 N–H and O–H groups in total. The molecule has 4 nitrogen and oxygen atoms in total. The summed E-state index contributed by atoms with van der Waals surface area (Å²) in [5.41, 5.74) is 2.92. The molecular formula is C16H16N2O2. The lowest BCUT2D eigenvalue weighted by atomic mass is 10.0. The van der Waals surface area contributed by atoms with E-state index in [1.165, 1.54) is 0 Å². The molecule has 0 fully saturated rings. The van der Waals surface area contributed by atoms with E-state index in [4.69, 9.17) is 0 Å². The summed E-state index contributed by atoms with van der Waals surface area (Å²) in [7, 11) is 0. The van der Waals surface area contributed by atoms with Crippen molar-refractivity contribution < 1.29 is 9.59 Å². The van der Waals surface area contributed by atoms with Crippen molar-refractivity contribution >= 4 is 11.7 Å². The summed E-state index contributed by atoms with van der Waals surface area (Å²) in [6, 6.07) is 10.9. The number of hydrogen-bond acceptors (Lipinski definition) is 3. The molecule has 0 bridgehead atoms. The second-order valence-electron chi connectivity index (χ2n) is 4.65. The Labute approximate surface area is 117 Å². The van der Waals surface area contributed by atoms with Gasteiger partial charge in [-0.15, -0.1) is 0 Å². The first-order valence-corrected chi connectivity index (χ1v) is 6.37. The number of hydrogen-bond donors (Lipinski definition) is 1. The van der Waals surface area contributed by atoms with Crippen molar-refractivity contribution in [3.8, 4) is 0 Å². The van der Waals surface area contributed by atoms with Gasteiger partial charge in [-0.1, -0.05) is 23.8 Å². The maximum absolute atomic E-state index is 12.1. The third-order valence-corrected chi connectivity index (χ3v) is 3.00. The number of ketones is 1. The Morgan fingerprint density at radius 1 is 1.15 bits per heavy atom. The van der Waals surface area contributed by atoms with Gasteiger partial charge in [0.2, 0.25) is 5.78 Å². The predicted octanol–water partition coefficient (Wildman–Crippen LogP) is 2.20. The van der Waals surface area contributed by atoms with Crippen LogP contribution in [0.4, 0.5) is 0 Å². The van der Waals surface area contributed by atoms with Crippen LogP contribution in [-0.2, 0) is 11.3 Å². The van der Waals surface area contributed by atoms with E-state index in [1.807, 2.05) is 32.0 Å². The van der Waals surface area contributed by atoms with Gasteiger partial charge in [0.25, 0.3) is 5.91 Å². The van der Waals surface area contributed by atoms with Gasteiger partial charge in [0.1, 0.15) is 0 Å².